The first kappa shape index (κ1) is 16.3. The Hall–Kier alpha value is -1.07. The van der Waals surface area contributed by atoms with Gasteiger partial charge in [-0.1, -0.05) is 19.8 Å². The summed E-state index contributed by atoms with van der Waals surface area (Å²) in [5.74, 6) is 1.06. The van der Waals surface area contributed by atoms with Crippen LogP contribution >= 0.6 is 15.9 Å². The van der Waals surface area contributed by atoms with Gasteiger partial charge < -0.3 is 15.2 Å². The second-order valence-electron chi connectivity index (χ2n) is 5.94. The lowest BCUT2D eigenvalue weighted by Gasteiger charge is -2.39. The highest BCUT2D eigenvalue weighted by Crippen LogP contribution is 2.32. The van der Waals surface area contributed by atoms with Crippen LogP contribution in [0, 0.1) is 5.92 Å². The normalized spacial score (nSPS) is 25.4. The molecule has 1 aliphatic rings. The van der Waals surface area contributed by atoms with Gasteiger partial charge in [0.25, 0.3) is 5.91 Å². The molecule has 1 aliphatic carbocycles. The maximum Gasteiger partial charge on any atom is 0.251 e. The first-order valence-electron chi connectivity index (χ1n) is 7.26. The summed E-state index contributed by atoms with van der Waals surface area (Å²) in [7, 11) is 1.59. The van der Waals surface area contributed by atoms with E-state index in [1.54, 1.807) is 25.3 Å². The molecular formula is C16H22BrNO3. The topological polar surface area (TPSA) is 58.6 Å². The number of rotatable bonds is 4. The molecule has 116 valence electrons. The molecule has 0 spiro atoms. The van der Waals surface area contributed by atoms with Crippen LogP contribution in [0.1, 0.15) is 43.0 Å². The minimum atomic E-state index is -0.485. The number of hydrogen-bond acceptors (Lipinski definition) is 3. The Morgan fingerprint density at radius 1 is 1.57 bits per heavy atom. The molecule has 2 rings (SSSR count). The molecule has 1 aromatic rings. The Bertz CT molecular complexity index is 520. The molecule has 21 heavy (non-hydrogen) atoms. The number of benzene rings is 1. The van der Waals surface area contributed by atoms with Gasteiger partial charge in [-0.3, -0.25) is 4.79 Å². The summed E-state index contributed by atoms with van der Waals surface area (Å²) in [6, 6.07) is 5.23. The van der Waals surface area contributed by atoms with Gasteiger partial charge in [-0.15, -0.1) is 0 Å². The minimum Gasteiger partial charge on any atom is -0.496 e. The predicted molar refractivity (Wildman–Crippen MR) is 85.6 cm³/mol. The van der Waals surface area contributed by atoms with E-state index in [1.807, 2.05) is 0 Å². The van der Waals surface area contributed by atoms with Crippen LogP contribution in [0.3, 0.4) is 0 Å². The molecule has 1 saturated carbocycles. The van der Waals surface area contributed by atoms with Crippen molar-refractivity contribution in [2.24, 2.45) is 5.92 Å². The van der Waals surface area contributed by atoms with E-state index < -0.39 is 5.54 Å². The van der Waals surface area contributed by atoms with Crippen molar-refractivity contribution in [2.75, 3.05) is 13.7 Å². The molecule has 0 radical (unpaired) electrons. The molecule has 1 fully saturated rings. The largest absolute Gasteiger partial charge is 0.496 e. The zero-order chi connectivity index (χ0) is 15.5. The van der Waals surface area contributed by atoms with Crippen LogP contribution in [-0.2, 0) is 0 Å². The van der Waals surface area contributed by atoms with Crippen molar-refractivity contribution in [3.8, 4) is 5.75 Å². The minimum absolute atomic E-state index is 0.0135. The van der Waals surface area contributed by atoms with E-state index >= 15 is 0 Å². The monoisotopic (exact) mass is 355 g/mol. The van der Waals surface area contributed by atoms with Crippen molar-refractivity contribution in [1.29, 1.82) is 0 Å². The number of amides is 1. The molecule has 0 saturated heterocycles. The van der Waals surface area contributed by atoms with Gasteiger partial charge in [-0.05, 0) is 52.9 Å². The summed E-state index contributed by atoms with van der Waals surface area (Å²) < 4.78 is 5.91. The highest BCUT2D eigenvalue weighted by molar-refractivity contribution is 9.10. The molecule has 2 atom stereocenters. The maximum atomic E-state index is 12.5. The Morgan fingerprint density at radius 2 is 2.33 bits per heavy atom. The number of ether oxygens (including phenoxy) is 1. The van der Waals surface area contributed by atoms with E-state index in [2.05, 4.69) is 28.2 Å². The van der Waals surface area contributed by atoms with E-state index in [-0.39, 0.29) is 12.5 Å². The second-order valence-corrected chi connectivity index (χ2v) is 6.80. The van der Waals surface area contributed by atoms with E-state index in [1.165, 1.54) is 0 Å². The average Bonchev–Trinajstić information content (AvgIpc) is 2.47. The van der Waals surface area contributed by atoms with Crippen molar-refractivity contribution in [3.05, 3.63) is 28.2 Å². The molecule has 5 heteroatoms. The fourth-order valence-electron chi connectivity index (χ4n) is 3.08. The molecule has 0 aromatic heterocycles. The van der Waals surface area contributed by atoms with Crippen LogP contribution in [0.15, 0.2) is 22.7 Å². The summed E-state index contributed by atoms with van der Waals surface area (Å²) in [5.41, 5.74) is 0.0787. The lowest BCUT2D eigenvalue weighted by molar-refractivity contribution is 0.0697. The number of methoxy groups -OCH3 is 1. The third kappa shape index (κ3) is 3.77. The zero-order valence-corrected chi connectivity index (χ0v) is 14.1. The lowest BCUT2D eigenvalue weighted by atomic mass is 9.76. The number of carbonyl (C=O) groups is 1. The van der Waals surface area contributed by atoms with Crippen LogP contribution in [0.4, 0.5) is 0 Å². The summed E-state index contributed by atoms with van der Waals surface area (Å²) >= 11 is 3.39. The average molecular weight is 356 g/mol. The van der Waals surface area contributed by atoms with Crippen molar-refractivity contribution in [3.63, 3.8) is 0 Å². The summed E-state index contributed by atoms with van der Waals surface area (Å²) in [4.78, 5) is 12.5. The van der Waals surface area contributed by atoms with Gasteiger partial charge in [-0.2, -0.15) is 0 Å². The number of carbonyl (C=O) groups excluding carboxylic acids is 1. The highest BCUT2D eigenvalue weighted by Gasteiger charge is 2.36. The molecule has 4 nitrogen and oxygen atoms in total. The van der Waals surface area contributed by atoms with E-state index in [0.717, 1.165) is 30.2 Å². The van der Waals surface area contributed by atoms with Crippen LogP contribution in [-0.4, -0.2) is 30.3 Å². The molecule has 2 unspecified atom stereocenters. The van der Waals surface area contributed by atoms with Crippen molar-refractivity contribution in [1.82, 2.24) is 5.32 Å². The molecule has 2 N–H and O–H groups in total. The third-order valence-electron chi connectivity index (χ3n) is 4.19. The van der Waals surface area contributed by atoms with Gasteiger partial charge in [0.15, 0.2) is 0 Å². The van der Waals surface area contributed by atoms with Gasteiger partial charge in [0.1, 0.15) is 5.75 Å². The van der Waals surface area contributed by atoms with E-state index in [4.69, 9.17) is 4.74 Å². The fourth-order valence-corrected chi connectivity index (χ4v) is 3.62. The van der Waals surface area contributed by atoms with Crippen LogP contribution < -0.4 is 10.1 Å². The van der Waals surface area contributed by atoms with Gasteiger partial charge >= 0.3 is 0 Å². The van der Waals surface area contributed by atoms with E-state index in [9.17, 15) is 9.90 Å². The fraction of sp³-hybridized carbons (Fsp3) is 0.562. The van der Waals surface area contributed by atoms with Crippen molar-refractivity contribution < 1.29 is 14.6 Å². The van der Waals surface area contributed by atoms with Crippen LogP contribution in [0.2, 0.25) is 0 Å². The molecule has 0 bridgehead atoms. The predicted octanol–water partition coefficient (Wildman–Crippen LogP) is 3.13. The molecule has 0 aliphatic heterocycles. The van der Waals surface area contributed by atoms with Crippen LogP contribution in [0.5, 0.6) is 5.75 Å². The Kier molecular flexibility index (Phi) is 5.27. The third-order valence-corrected chi connectivity index (χ3v) is 4.81. The van der Waals surface area contributed by atoms with Crippen molar-refractivity contribution >= 4 is 21.8 Å². The lowest BCUT2D eigenvalue weighted by Crippen LogP contribution is -2.53. The van der Waals surface area contributed by atoms with E-state index in [0.29, 0.717) is 17.2 Å². The SMILES string of the molecule is COc1ccc(C(=O)NC2(CO)CCCC(C)C2)cc1Br. The van der Waals surface area contributed by atoms with Crippen molar-refractivity contribution in [2.45, 2.75) is 38.1 Å². The number of nitrogens with one attached hydrogen (secondary N) is 1. The smallest absolute Gasteiger partial charge is 0.251 e. The number of aliphatic hydroxyl groups excluding tert-OH is 1. The number of hydrogen-bond donors (Lipinski definition) is 2. The number of aliphatic hydroxyl groups is 1. The summed E-state index contributed by atoms with van der Waals surface area (Å²) in [6.45, 7) is 2.15. The Labute approximate surface area is 134 Å². The summed E-state index contributed by atoms with van der Waals surface area (Å²) in [6.07, 6.45) is 3.85. The maximum absolute atomic E-state index is 12.5. The van der Waals surface area contributed by atoms with Gasteiger partial charge in [0.2, 0.25) is 0 Å². The summed E-state index contributed by atoms with van der Waals surface area (Å²) in [5, 5.41) is 12.8. The molecule has 1 aromatic carbocycles. The Balaban J connectivity index is 2.14. The quantitative estimate of drug-likeness (QED) is 0.872. The zero-order valence-electron chi connectivity index (χ0n) is 12.5. The highest BCUT2D eigenvalue weighted by atomic mass is 79.9. The van der Waals surface area contributed by atoms with Gasteiger partial charge in [0, 0.05) is 5.56 Å². The second kappa shape index (κ2) is 6.79. The molecule has 0 heterocycles. The first-order chi connectivity index (χ1) is 9.99. The standard InChI is InChI=1S/C16H22BrNO3/c1-11-4-3-7-16(9-11,10-19)18-15(20)12-5-6-14(21-2)13(17)8-12/h5-6,8,11,19H,3-4,7,9-10H2,1-2H3,(H,18,20). The number of halogens is 1. The van der Waals surface area contributed by atoms with Crippen LogP contribution in [0.25, 0.3) is 0 Å². The first-order valence-corrected chi connectivity index (χ1v) is 8.06. The van der Waals surface area contributed by atoms with Gasteiger partial charge in [-0.25, -0.2) is 0 Å². The molecule has 1 amide bonds. The Morgan fingerprint density at radius 3 is 2.90 bits per heavy atom. The van der Waals surface area contributed by atoms with Gasteiger partial charge in [0.05, 0.1) is 23.7 Å². The molecular weight excluding hydrogens is 334 g/mol.